The van der Waals surface area contributed by atoms with Crippen LogP contribution in [-0.2, 0) is 6.42 Å². The topological polar surface area (TPSA) is 58.9 Å². The summed E-state index contributed by atoms with van der Waals surface area (Å²) in [4.78, 5) is 0. The average molecular weight is 358 g/mol. The van der Waals surface area contributed by atoms with E-state index in [1.54, 1.807) is 6.07 Å². The molecule has 0 aliphatic heterocycles. The summed E-state index contributed by atoms with van der Waals surface area (Å²) in [7, 11) is 3.06. The number of hydrogen-bond acceptors (Lipinski definition) is 4. The lowest BCUT2D eigenvalue weighted by atomic mass is 9.95. The third-order valence-corrected chi connectivity index (χ3v) is 4.69. The largest absolute Gasteiger partial charge is 0.507 e. The van der Waals surface area contributed by atoms with Crippen LogP contribution in [-0.4, -0.2) is 24.4 Å². The Morgan fingerprint density at radius 2 is 1.54 bits per heavy atom. The number of ether oxygens (including phenoxy) is 2. The molecule has 26 heavy (non-hydrogen) atoms. The molecule has 2 aromatic rings. The number of methoxy groups -OCH3 is 2. The highest BCUT2D eigenvalue weighted by atomic mass is 16.5. The third kappa shape index (κ3) is 4.43. The molecule has 0 unspecified atom stereocenters. The van der Waals surface area contributed by atoms with Gasteiger partial charge in [0.15, 0.2) is 11.5 Å². The van der Waals surface area contributed by atoms with Gasteiger partial charge < -0.3 is 19.7 Å². The maximum atomic E-state index is 10.6. The number of phenols is 2. The molecule has 4 heteroatoms. The Morgan fingerprint density at radius 1 is 0.846 bits per heavy atom. The summed E-state index contributed by atoms with van der Waals surface area (Å²) in [6, 6.07) is 7.35. The second-order valence-corrected chi connectivity index (χ2v) is 6.68. The van der Waals surface area contributed by atoms with Crippen molar-refractivity contribution in [2.75, 3.05) is 14.2 Å². The molecule has 0 heterocycles. The number of phenolic OH excluding ortho intramolecular Hbond substituents is 2. The minimum Gasteiger partial charge on any atom is -0.507 e. The molecule has 2 aromatic carbocycles. The first-order valence-electron chi connectivity index (χ1n) is 9.30. The first-order valence-corrected chi connectivity index (χ1v) is 9.30. The summed E-state index contributed by atoms with van der Waals surface area (Å²) >= 11 is 0. The van der Waals surface area contributed by atoms with Gasteiger partial charge in [0.2, 0.25) is 5.75 Å². The zero-order valence-electron chi connectivity index (χ0n) is 16.3. The molecule has 0 spiro atoms. The summed E-state index contributed by atoms with van der Waals surface area (Å²) in [6.07, 6.45) is 6.54. The SMILES string of the molecule is CCCCCCCc1cc(-c2cc(C)ccc2O)c(OC)c(OC)c1O. The highest BCUT2D eigenvalue weighted by Crippen LogP contribution is 2.48. The third-order valence-electron chi connectivity index (χ3n) is 4.69. The van der Waals surface area contributed by atoms with E-state index in [0.29, 0.717) is 17.1 Å². The fraction of sp³-hybridized carbons (Fsp3) is 0.455. The Morgan fingerprint density at radius 3 is 2.19 bits per heavy atom. The van der Waals surface area contributed by atoms with Crippen molar-refractivity contribution >= 4 is 0 Å². The fourth-order valence-electron chi connectivity index (χ4n) is 3.25. The van der Waals surface area contributed by atoms with Gasteiger partial charge in [-0.2, -0.15) is 0 Å². The van der Waals surface area contributed by atoms with Gasteiger partial charge in [-0.15, -0.1) is 0 Å². The average Bonchev–Trinajstić information content (AvgIpc) is 2.64. The predicted molar refractivity (Wildman–Crippen MR) is 106 cm³/mol. The van der Waals surface area contributed by atoms with E-state index in [2.05, 4.69) is 6.92 Å². The summed E-state index contributed by atoms with van der Waals surface area (Å²) in [5, 5.41) is 21.0. The van der Waals surface area contributed by atoms with Crippen molar-refractivity contribution in [2.45, 2.75) is 52.4 Å². The van der Waals surface area contributed by atoms with Crippen LogP contribution in [0.3, 0.4) is 0 Å². The van der Waals surface area contributed by atoms with Gasteiger partial charge in [0.25, 0.3) is 0 Å². The lowest BCUT2D eigenvalue weighted by molar-refractivity contribution is 0.332. The van der Waals surface area contributed by atoms with Gasteiger partial charge in [-0.3, -0.25) is 0 Å². The van der Waals surface area contributed by atoms with Crippen LogP contribution in [0.15, 0.2) is 24.3 Å². The molecule has 0 aliphatic rings. The Labute approximate surface area is 156 Å². The van der Waals surface area contributed by atoms with E-state index >= 15 is 0 Å². The molecular formula is C22H30O4. The van der Waals surface area contributed by atoms with Gasteiger partial charge in [-0.1, -0.05) is 44.2 Å². The molecule has 0 radical (unpaired) electrons. The standard InChI is InChI=1S/C22H30O4/c1-5-6-7-8-9-10-16-14-18(17-13-15(2)11-12-19(17)23)21(25-3)22(26-4)20(16)24/h11-14,23-24H,5-10H2,1-4H3. The molecule has 0 fully saturated rings. The van der Waals surface area contributed by atoms with Crippen molar-refractivity contribution in [3.8, 4) is 34.1 Å². The number of benzene rings is 2. The van der Waals surface area contributed by atoms with Gasteiger partial charge in [-0.25, -0.2) is 0 Å². The van der Waals surface area contributed by atoms with Crippen molar-refractivity contribution in [2.24, 2.45) is 0 Å². The first kappa shape index (κ1) is 20.0. The Kier molecular flexibility index (Phi) is 7.19. The van der Waals surface area contributed by atoms with Crippen molar-refractivity contribution in [1.82, 2.24) is 0 Å². The van der Waals surface area contributed by atoms with E-state index in [4.69, 9.17) is 9.47 Å². The molecular weight excluding hydrogens is 328 g/mol. The fourth-order valence-corrected chi connectivity index (χ4v) is 3.25. The molecule has 2 rings (SSSR count). The van der Waals surface area contributed by atoms with Crippen molar-refractivity contribution in [1.29, 1.82) is 0 Å². The molecule has 0 bridgehead atoms. The molecule has 0 atom stereocenters. The van der Waals surface area contributed by atoms with Crippen LogP contribution < -0.4 is 9.47 Å². The van der Waals surface area contributed by atoms with Crippen LogP contribution in [0.25, 0.3) is 11.1 Å². The van der Waals surface area contributed by atoms with Crippen molar-refractivity contribution < 1.29 is 19.7 Å². The molecule has 0 saturated carbocycles. The quantitative estimate of drug-likeness (QED) is 0.573. The highest BCUT2D eigenvalue weighted by Gasteiger charge is 2.22. The van der Waals surface area contributed by atoms with Gasteiger partial charge in [0, 0.05) is 11.1 Å². The minimum absolute atomic E-state index is 0.121. The van der Waals surface area contributed by atoms with E-state index in [-0.39, 0.29) is 11.5 Å². The van der Waals surface area contributed by atoms with Crippen LogP contribution in [0.5, 0.6) is 23.0 Å². The number of aryl methyl sites for hydroxylation is 2. The number of unbranched alkanes of at least 4 members (excludes halogenated alkanes) is 4. The highest BCUT2D eigenvalue weighted by molar-refractivity contribution is 5.81. The van der Waals surface area contributed by atoms with Gasteiger partial charge in [0.1, 0.15) is 5.75 Å². The predicted octanol–water partition coefficient (Wildman–Crippen LogP) is 5.60. The Hall–Kier alpha value is -2.36. The van der Waals surface area contributed by atoms with Crippen LogP contribution in [0.4, 0.5) is 0 Å². The second-order valence-electron chi connectivity index (χ2n) is 6.68. The number of aromatic hydroxyl groups is 2. The number of rotatable bonds is 9. The molecule has 142 valence electrons. The van der Waals surface area contributed by atoms with Gasteiger partial charge in [0.05, 0.1) is 14.2 Å². The van der Waals surface area contributed by atoms with E-state index < -0.39 is 0 Å². The van der Waals surface area contributed by atoms with E-state index in [1.165, 1.54) is 33.5 Å². The zero-order valence-corrected chi connectivity index (χ0v) is 16.3. The second kappa shape index (κ2) is 9.37. The lowest BCUT2D eigenvalue weighted by Crippen LogP contribution is -1.98. The zero-order chi connectivity index (χ0) is 19.1. The van der Waals surface area contributed by atoms with Crippen LogP contribution in [0.1, 0.15) is 50.2 Å². The Bertz CT molecular complexity index is 737. The molecule has 2 N–H and O–H groups in total. The molecule has 0 saturated heterocycles. The van der Waals surface area contributed by atoms with E-state index in [0.717, 1.165) is 36.0 Å². The van der Waals surface area contributed by atoms with Crippen molar-refractivity contribution in [3.63, 3.8) is 0 Å². The summed E-state index contributed by atoms with van der Waals surface area (Å²) in [6.45, 7) is 4.17. The van der Waals surface area contributed by atoms with E-state index in [9.17, 15) is 10.2 Å². The van der Waals surface area contributed by atoms with Gasteiger partial charge >= 0.3 is 0 Å². The normalized spacial score (nSPS) is 10.8. The van der Waals surface area contributed by atoms with Crippen LogP contribution >= 0.6 is 0 Å². The van der Waals surface area contributed by atoms with E-state index in [1.807, 2.05) is 25.1 Å². The maximum absolute atomic E-state index is 10.6. The number of hydrogen-bond donors (Lipinski definition) is 2. The van der Waals surface area contributed by atoms with Gasteiger partial charge in [-0.05, 0) is 43.5 Å². The molecule has 4 nitrogen and oxygen atoms in total. The minimum atomic E-state index is 0.121. The smallest absolute Gasteiger partial charge is 0.203 e. The summed E-state index contributed by atoms with van der Waals surface area (Å²) in [5.41, 5.74) is 3.25. The first-order chi connectivity index (χ1) is 12.5. The monoisotopic (exact) mass is 358 g/mol. The lowest BCUT2D eigenvalue weighted by Gasteiger charge is -2.18. The van der Waals surface area contributed by atoms with Crippen LogP contribution in [0, 0.1) is 6.92 Å². The molecule has 0 aliphatic carbocycles. The molecule has 0 amide bonds. The summed E-state index contributed by atoms with van der Waals surface area (Å²) < 4.78 is 10.9. The summed E-state index contributed by atoms with van der Waals surface area (Å²) in [5.74, 6) is 1.04. The van der Waals surface area contributed by atoms with Crippen LogP contribution in [0.2, 0.25) is 0 Å². The maximum Gasteiger partial charge on any atom is 0.203 e. The molecule has 0 aromatic heterocycles. The Balaban J connectivity index is 2.46. The van der Waals surface area contributed by atoms with Crippen molar-refractivity contribution in [3.05, 3.63) is 35.4 Å².